The van der Waals surface area contributed by atoms with Crippen LogP contribution < -0.4 is 9.47 Å². The zero-order valence-corrected chi connectivity index (χ0v) is 15.0. The lowest BCUT2D eigenvalue weighted by molar-refractivity contribution is -0.114. The summed E-state index contributed by atoms with van der Waals surface area (Å²) in [5, 5.41) is 0. The molecule has 0 N–H and O–H groups in total. The summed E-state index contributed by atoms with van der Waals surface area (Å²) in [4.78, 5) is 12.2. The van der Waals surface area contributed by atoms with Crippen LogP contribution in [-0.2, 0) is 20.7 Å². The van der Waals surface area contributed by atoms with Crippen molar-refractivity contribution in [3.8, 4) is 11.5 Å². The summed E-state index contributed by atoms with van der Waals surface area (Å²) in [6, 6.07) is 5.95. The third kappa shape index (κ3) is 2.50. The molecular formula is C21H22O5. The van der Waals surface area contributed by atoms with Crippen molar-refractivity contribution in [2.45, 2.75) is 25.9 Å². The van der Waals surface area contributed by atoms with Crippen LogP contribution >= 0.6 is 0 Å². The molecule has 0 unspecified atom stereocenters. The van der Waals surface area contributed by atoms with Crippen molar-refractivity contribution in [3.05, 3.63) is 60.1 Å². The first kappa shape index (κ1) is 16.8. The molecule has 1 saturated heterocycles. The van der Waals surface area contributed by atoms with Crippen molar-refractivity contribution in [1.82, 2.24) is 0 Å². The third-order valence-corrected chi connectivity index (χ3v) is 5.58. The summed E-state index contributed by atoms with van der Waals surface area (Å²) >= 11 is 0. The number of hydrogen-bond donors (Lipinski definition) is 0. The van der Waals surface area contributed by atoms with Gasteiger partial charge in [0.25, 0.3) is 0 Å². The topological polar surface area (TPSA) is 54.0 Å². The third-order valence-electron chi connectivity index (χ3n) is 5.58. The van der Waals surface area contributed by atoms with Crippen LogP contribution in [0.5, 0.6) is 11.5 Å². The van der Waals surface area contributed by atoms with Crippen molar-refractivity contribution in [3.63, 3.8) is 0 Å². The standard InChI is InChI=1S/C21H22O5/c1-4-7-21-11-19(23-3)15(22)10-20(21)26-17(13(21)2)8-14-5-6-16-18(9-14)25-12-24-16/h4-6,9-11,13,17H,1,7-8,12H2,2-3H3/t13-,17-,21+/m1/s1. The molecule has 5 nitrogen and oxygen atoms in total. The Labute approximate surface area is 152 Å². The normalized spacial score (nSPS) is 28.8. The van der Waals surface area contributed by atoms with Gasteiger partial charge in [0.1, 0.15) is 11.9 Å². The Morgan fingerprint density at radius 2 is 2.15 bits per heavy atom. The second-order valence-corrected chi connectivity index (χ2v) is 6.96. The Morgan fingerprint density at radius 1 is 1.35 bits per heavy atom. The number of ether oxygens (including phenoxy) is 4. The van der Waals surface area contributed by atoms with Gasteiger partial charge in [0.05, 0.1) is 12.5 Å². The minimum atomic E-state index is -0.387. The molecule has 0 spiro atoms. The van der Waals surface area contributed by atoms with E-state index in [2.05, 4.69) is 13.5 Å². The molecule has 136 valence electrons. The van der Waals surface area contributed by atoms with E-state index in [9.17, 15) is 4.79 Å². The van der Waals surface area contributed by atoms with Crippen LogP contribution in [0, 0.1) is 11.3 Å². The van der Waals surface area contributed by atoms with Gasteiger partial charge < -0.3 is 18.9 Å². The van der Waals surface area contributed by atoms with Crippen molar-refractivity contribution in [1.29, 1.82) is 0 Å². The fourth-order valence-corrected chi connectivity index (χ4v) is 4.06. The van der Waals surface area contributed by atoms with E-state index in [1.807, 2.05) is 30.4 Å². The second-order valence-electron chi connectivity index (χ2n) is 6.96. The SMILES string of the molecule is C=CC[C@@]12C=C(OC)C(=O)C=C1O[C@H](Cc1ccc3c(c1)OCO3)[C@H]2C. The Bertz CT molecular complexity index is 822. The van der Waals surface area contributed by atoms with Crippen LogP contribution in [0.1, 0.15) is 18.9 Å². The van der Waals surface area contributed by atoms with E-state index in [4.69, 9.17) is 18.9 Å². The maximum atomic E-state index is 12.2. The summed E-state index contributed by atoms with van der Waals surface area (Å²) < 4.78 is 22.4. The van der Waals surface area contributed by atoms with Crippen molar-refractivity contribution < 1.29 is 23.7 Å². The number of fused-ring (bicyclic) bond motifs is 2. The minimum absolute atomic E-state index is 0.0539. The molecule has 2 heterocycles. The van der Waals surface area contributed by atoms with E-state index < -0.39 is 0 Å². The van der Waals surface area contributed by atoms with Gasteiger partial charge in [-0.2, -0.15) is 0 Å². The predicted octanol–water partition coefficient (Wildman–Crippen LogP) is 3.55. The molecule has 3 atom stereocenters. The van der Waals surface area contributed by atoms with Crippen LogP contribution in [0.25, 0.3) is 0 Å². The van der Waals surface area contributed by atoms with Gasteiger partial charge in [-0.1, -0.05) is 19.1 Å². The average molecular weight is 354 g/mol. The van der Waals surface area contributed by atoms with E-state index in [1.54, 1.807) is 6.08 Å². The van der Waals surface area contributed by atoms with Crippen LogP contribution in [0.2, 0.25) is 0 Å². The first-order valence-electron chi connectivity index (χ1n) is 8.77. The molecule has 1 fully saturated rings. The highest BCUT2D eigenvalue weighted by atomic mass is 16.7. The lowest BCUT2D eigenvalue weighted by Crippen LogP contribution is -2.31. The molecule has 0 radical (unpaired) electrons. The summed E-state index contributed by atoms with van der Waals surface area (Å²) in [6.07, 6.45) is 6.71. The molecule has 2 aliphatic heterocycles. The van der Waals surface area contributed by atoms with Gasteiger partial charge in [-0.15, -0.1) is 6.58 Å². The lowest BCUT2D eigenvalue weighted by Gasteiger charge is -2.31. The summed E-state index contributed by atoms with van der Waals surface area (Å²) in [5.74, 6) is 2.62. The van der Waals surface area contributed by atoms with E-state index in [0.717, 1.165) is 23.5 Å². The van der Waals surface area contributed by atoms with Gasteiger partial charge in [-0.05, 0) is 30.2 Å². The highest BCUT2D eigenvalue weighted by Crippen LogP contribution is 2.53. The van der Waals surface area contributed by atoms with Gasteiger partial charge in [0, 0.05) is 18.4 Å². The smallest absolute Gasteiger partial charge is 0.231 e. The molecule has 1 aromatic carbocycles. The number of benzene rings is 1. The number of methoxy groups -OCH3 is 1. The fourth-order valence-electron chi connectivity index (χ4n) is 4.06. The minimum Gasteiger partial charge on any atom is -0.493 e. The molecule has 4 rings (SSSR count). The van der Waals surface area contributed by atoms with Gasteiger partial charge in [0.15, 0.2) is 17.3 Å². The zero-order valence-electron chi connectivity index (χ0n) is 15.0. The molecule has 0 aromatic heterocycles. The van der Waals surface area contributed by atoms with Gasteiger partial charge in [-0.3, -0.25) is 4.79 Å². The number of carbonyl (C=O) groups excluding carboxylic acids is 1. The van der Waals surface area contributed by atoms with E-state index >= 15 is 0 Å². The Kier molecular flexibility index (Phi) is 4.02. The summed E-state index contributed by atoms with van der Waals surface area (Å²) in [5.41, 5.74) is 0.725. The number of ketones is 1. The number of carbonyl (C=O) groups is 1. The molecule has 1 aliphatic carbocycles. The number of hydrogen-bond acceptors (Lipinski definition) is 5. The molecule has 0 amide bonds. The summed E-state index contributed by atoms with van der Waals surface area (Å²) in [6.45, 7) is 6.31. The molecule has 3 aliphatic rings. The van der Waals surface area contributed by atoms with E-state index in [0.29, 0.717) is 17.9 Å². The fraction of sp³-hybridized carbons (Fsp3) is 0.381. The summed E-state index contributed by atoms with van der Waals surface area (Å²) in [7, 11) is 1.52. The Morgan fingerprint density at radius 3 is 2.92 bits per heavy atom. The first-order valence-corrected chi connectivity index (χ1v) is 8.77. The van der Waals surface area contributed by atoms with Gasteiger partial charge in [-0.25, -0.2) is 0 Å². The van der Waals surface area contributed by atoms with Crippen LogP contribution in [0.4, 0.5) is 0 Å². The number of allylic oxidation sites excluding steroid dienone is 3. The molecule has 1 aromatic rings. The van der Waals surface area contributed by atoms with Crippen LogP contribution in [0.15, 0.2) is 54.5 Å². The molecule has 26 heavy (non-hydrogen) atoms. The van der Waals surface area contributed by atoms with E-state index in [-0.39, 0.29) is 30.0 Å². The molecule has 0 bridgehead atoms. The highest BCUT2D eigenvalue weighted by Gasteiger charge is 2.52. The predicted molar refractivity (Wildman–Crippen MR) is 95.7 cm³/mol. The number of rotatable bonds is 5. The maximum absolute atomic E-state index is 12.2. The zero-order chi connectivity index (χ0) is 18.3. The van der Waals surface area contributed by atoms with Gasteiger partial charge in [0.2, 0.25) is 12.6 Å². The van der Waals surface area contributed by atoms with E-state index in [1.165, 1.54) is 7.11 Å². The molecule has 5 heteroatoms. The lowest BCUT2D eigenvalue weighted by atomic mass is 9.69. The molecular weight excluding hydrogens is 332 g/mol. The monoisotopic (exact) mass is 354 g/mol. The first-order chi connectivity index (χ1) is 12.6. The van der Waals surface area contributed by atoms with Gasteiger partial charge >= 0.3 is 0 Å². The largest absolute Gasteiger partial charge is 0.493 e. The van der Waals surface area contributed by atoms with Crippen molar-refractivity contribution >= 4 is 5.78 Å². The van der Waals surface area contributed by atoms with Crippen molar-refractivity contribution in [2.75, 3.05) is 13.9 Å². The van der Waals surface area contributed by atoms with Crippen LogP contribution in [-0.4, -0.2) is 25.8 Å². The van der Waals surface area contributed by atoms with Crippen molar-refractivity contribution in [2.24, 2.45) is 11.3 Å². The second kappa shape index (κ2) is 6.24. The Balaban J connectivity index is 1.64. The maximum Gasteiger partial charge on any atom is 0.231 e. The average Bonchev–Trinajstić information content (AvgIpc) is 3.19. The Hall–Kier alpha value is -2.69. The molecule has 0 saturated carbocycles. The quantitative estimate of drug-likeness (QED) is 0.757. The highest BCUT2D eigenvalue weighted by molar-refractivity contribution is 6.04. The van der Waals surface area contributed by atoms with Crippen LogP contribution in [0.3, 0.4) is 0 Å².